The van der Waals surface area contributed by atoms with Crippen LogP contribution in [0.4, 0.5) is 0 Å². The van der Waals surface area contributed by atoms with Crippen LogP contribution in [0.1, 0.15) is 117 Å². The Bertz CT molecular complexity index is 704. The fourth-order valence-corrected chi connectivity index (χ4v) is 5.19. The fourth-order valence-electron chi connectivity index (χ4n) is 5.19. The van der Waals surface area contributed by atoms with E-state index in [1.54, 1.807) is 0 Å². The van der Waals surface area contributed by atoms with Crippen molar-refractivity contribution in [3.8, 4) is 0 Å². The van der Waals surface area contributed by atoms with E-state index in [9.17, 15) is 4.79 Å². The zero-order valence-corrected chi connectivity index (χ0v) is 35.4. The largest absolute Gasteiger partial charge is 0.463 e. The molecule has 0 aliphatic heterocycles. The maximum absolute atomic E-state index is 11.2. The van der Waals surface area contributed by atoms with Gasteiger partial charge in [0.25, 0.3) is 0 Å². The van der Waals surface area contributed by atoms with Gasteiger partial charge in [-0.25, -0.2) is 0 Å². The number of hydrogen-bond donors (Lipinski definition) is 0. The molecule has 0 atom stereocenters. The van der Waals surface area contributed by atoms with Crippen LogP contribution in [0.15, 0.2) is 0 Å². The Morgan fingerprint density at radius 2 is 0.473 bits per heavy atom. The van der Waals surface area contributed by atoms with E-state index in [4.69, 9.17) is 56.8 Å². The van der Waals surface area contributed by atoms with Gasteiger partial charge in [0, 0.05) is 13.0 Å². The second-order valence-corrected chi connectivity index (χ2v) is 13.3. The van der Waals surface area contributed by atoms with Gasteiger partial charge in [-0.15, -0.1) is 0 Å². The van der Waals surface area contributed by atoms with Crippen LogP contribution in [0, 0.1) is 0 Å². The fraction of sp³-hybridized carbons (Fsp3) is 0.976. The van der Waals surface area contributed by atoms with Crippen LogP contribution < -0.4 is 0 Å². The van der Waals surface area contributed by atoms with Gasteiger partial charge < -0.3 is 56.8 Å². The SMILES string of the molecule is CCCCCCCCCCCCCCCCOCCOCCOCCOCCOCCOCCOCCOCCOCCOCCOCCOC(=O)CCC. The molecule has 0 rings (SSSR count). The molecular formula is C42H84O13. The average molecular weight is 797 g/mol. The van der Waals surface area contributed by atoms with Gasteiger partial charge in [-0.1, -0.05) is 97.3 Å². The van der Waals surface area contributed by atoms with E-state index in [-0.39, 0.29) is 12.6 Å². The van der Waals surface area contributed by atoms with Gasteiger partial charge in [0.05, 0.1) is 139 Å². The molecule has 0 amide bonds. The Balaban J connectivity index is 3.06. The molecule has 0 N–H and O–H groups in total. The molecule has 0 fully saturated rings. The van der Waals surface area contributed by atoms with Gasteiger partial charge in [-0.2, -0.15) is 0 Å². The van der Waals surface area contributed by atoms with Crippen molar-refractivity contribution < 1.29 is 61.6 Å². The average Bonchev–Trinajstić information content (AvgIpc) is 3.19. The van der Waals surface area contributed by atoms with Gasteiger partial charge >= 0.3 is 5.97 Å². The van der Waals surface area contributed by atoms with Crippen molar-refractivity contribution in [3.05, 3.63) is 0 Å². The number of carbonyl (C=O) groups is 1. The third-order valence-electron chi connectivity index (χ3n) is 8.31. The highest BCUT2D eigenvalue weighted by Crippen LogP contribution is 2.13. The van der Waals surface area contributed by atoms with Crippen molar-refractivity contribution in [1.82, 2.24) is 0 Å². The highest BCUT2D eigenvalue weighted by atomic mass is 16.6. The highest BCUT2D eigenvalue weighted by Gasteiger charge is 2.01. The van der Waals surface area contributed by atoms with E-state index in [1.807, 2.05) is 6.92 Å². The Morgan fingerprint density at radius 1 is 0.255 bits per heavy atom. The van der Waals surface area contributed by atoms with Crippen molar-refractivity contribution in [1.29, 1.82) is 0 Å². The minimum atomic E-state index is -0.186. The summed E-state index contributed by atoms with van der Waals surface area (Å²) >= 11 is 0. The molecule has 0 aliphatic rings. The first-order chi connectivity index (χ1) is 27.3. The van der Waals surface area contributed by atoms with Gasteiger partial charge in [0.1, 0.15) is 6.61 Å². The smallest absolute Gasteiger partial charge is 0.305 e. The number of rotatable bonds is 50. The molecule has 0 radical (unpaired) electrons. The molecule has 0 aromatic carbocycles. The monoisotopic (exact) mass is 797 g/mol. The van der Waals surface area contributed by atoms with Crippen LogP contribution in [-0.2, 0) is 61.6 Å². The lowest BCUT2D eigenvalue weighted by atomic mass is 10.0. The lowest BCUT2D eigenvalue weighted by Crippen LogP contribution is -2.15. The quantitative estimate of drug-likeness (QED) is 0.0464. The number of hydrogen-bond acceptors (Lipinski definition) is 13. The first kappa shape index (κ1) is 54.0. The van der Waals surface area contributed by atoms with Crippen molar-refractivity contribution in [2.75, 3.05) is 152 Å². The number of carbonyl (C=O) groups excluding carboxylic acids is 1. The maximum atomic E-state index is 11.2. The highest BCUT2D eigenvalue weighted by molar-refractivity contribution is 5.69. The molecule has 0 unspecified atom stereocenters. The molecular weight excluding hydrogens is 712 g/mol. The predicted octanol–water partition coefficient (Wildman–Crippen LogP) is 6.99. The summed E-state index contributed by atoms with van der Waals surface area (Å²) < 4.78 is 65.6. The topological polar surface area (TPSA) is 128 Å². The molecule has 0 aromatic rings. The number of ether oxygens (including phenoxy) is 12. The van der Waals surface area contributed by atoms with Crippen LogP contribution >= 0.6 is 0 Å². The molecule has 0 heterocycles. The number of esters is 1. The molecule has 13 heteroatoms. The first-order valence-electron chi connectivity index (χ1n) is 21.8. The van der Waals surface area contributed by atoms with E-state index < -0.39 is 0 Å². The molecule has 0 aromatic heterocycles. The second kappa shape index (κ2) is 51.0. The van der Waals surface area contributed by atoms with E-state index in [0.29, 0.717) is 145 Å². The van der Waals surface area contributed by atoms with Crippen molar-refractivity contribution >= 4 is 5.97 Å². The third kappa shape index (κ3) is 51.0. The minimum absolute atomic E-state index is 0.186. The molecule has 55 heavy (non-hydrogen) atoms. The van der Waals surface area contributed by atoms with Crippen molar-refractivity contribution in [2.45, 2.75) is 117 Å². The van der Waals surface area contributed by atoms with E-state index >= 15 is 0 Å². The maximum Gasteiger partial charge on any atom is 0.305 e. The normalized spacial score (nSPS) is 11.5. The van der Waals surface area contributed by atoms with E-state index in [2.05, 4.69) is 6.92 Å². The lowest BCUT2D eigenvalue weighted by molar-refractivity contribution is -0.145. The minimum Gasteiger partial charge on any atom is -0.463 e. The van der Waals surface area contributed by atoms with Gasteiger partial charge in [0.2, 0.25) is 0 Å². The summed E-state index contributed by atoms with van der Waals surface area (Å²) in [5, 5.41) is 0. The van der Waals surface area contributed by atoms with Gasteiger partial charge in [0.15, 0.2) is 0 Å². The summed E-state index contributed by atoms with van der Waals surface area (Å²) in [7, 11) is 0. The summed E-state index contributed by atoms with van der Waals surface area (Å²) in [6, 6.07) is 0. The van der Waals surface area contributed by atoms with Crippen molar-refractivity contribution in [3.63, 3.8) is 0 Å². The van der Waals surface area contributed by atoms with Crippen LogP contribution in [-0.4, -0.2) is 158 Å². The molecule has 0 saturated heterocycles. The summed E-state index contributed by atoms with van der Waals surface area (Å²) in [6.07, 6.45) is 20.5. The second-order valence-electron chi connectivity index (χ2n) is 13.3. The molecule has 13 nitrogen and oxygen atoms in total. The third-order valence-corrected chi connectivity index (χ3v) is 8.31. The lowest BCUT2D eigenvalue weighted by Gasteiger charge is -2.09. The number of unbranched alkanes of at least 4 members (excludes halogenated alkanes) is 13. The van der Waals surface area contributed by atoms with E-state index in [1.165, 1.54) is 83.5 Å². The van der Waals surface area contributed by atoms with E-state index in [0.717, 1.165) is 19.4 Å². The zero-order valence-electron chi connectivity index (χ0n) is 35.4. The van der Waals surface area contributed by atoms with Crippen molar-refractivity contribution in [2.24, 2.45) is 0 Å². The van der Waals surface area contributed by atoms with Gasteiger partial charge in [-0.05, 0) is 12.8 Å². The van der Waals surface area contributed by atoms with Crippen LogP contribution in [0.3, 0.4) is 0 Å². The van der Waals surface area contributed by atoms with Crippen LogP contribution in [0.2, 0.25) is 0 Å². The predicted molar refractivity (Wildman–Crippen MR) is 215 cm³/mol. The summed E-state index contributed by atoms with van der Waals surface area (Å²) in [6.45, 7) is 16.1. The summed E-state index contributed by atoms with van der Waals surface area (Å²) in [5.41, 5.74) is 0. The molecule has 0 bridgehead atoms. The summed E-state index contributed by atoms with van der Waals surface area (Å²) in [5.74, 6) is -0.186. The Hall–Kier alpha value is -0.970. The van der Waals surface area contributed by atoms with Crippen LogP contribution in [0.25, 0.3) is 0 Å². The zero-order chi connectivity index (χ0) is 39.6. The molecule has 0 saturated carbocycles. The Kier molecular flexibility index (Phi) is 50.1. The summed E-state index contributed by atoms with van der Waals surface area (Å²) in [4.78, 5) is 11.2. The Labute approximate surface area is 335 Å². The van der Waals surface area contributed by atoms with Crippen LogP contribution in [0.5, 0.6) is 0 Å². The molecule has 330 valence electrons. The standard InChI is InChI=1S/C42H84O13/c1-3-5-6-7-8-9-10-11-12-13-14-15-16-17-19-44-20-21-45-22-23-46-24-25-47-26-27-48-28-29-49-30-31-50-32-33-51-34-35-52-36-37-53-38-39-54-40-41-55-42(43)18-4-2/h3-41H2,1-2H3. The molecule has 0 spiro atoms. The Morgan fingerprint density at radius 3 is 0.727 bits per heavy atom. The van der Waals surface area contributed by atoms with Gasteiger partial charge in [-0.3, -0.25) is 4.79 Å². The molecule has 0 aliphatic carbocycles. The first-order valence-corrected chi connectivity index (χ1v) is 21.8.